The summed E-state index contributed by atoms with van der Waals surface area (Å²) >= 11 is 0. The number of guanidine groups is 1. The van der Waals surface area contributed by atoms with Crippen molar-refractivity contribution in [2.75, 3.05) is 58.9 Å². The summed E-state index contributed by atoms with van der Waals surface area (Å²) in [5, 5.41) is 6.52. The molecule has 0 amide bonds. The zero-order valence-corrected chi connectivity index (χ0v) is 16.4. The number of nitrogens with zero attached hydrogens (tertiary/aromatic N) is 3. The van der Waals surface area contributed by atoms with Gasteiger partial charge in [0.05, 0.1) is 0 Å². The Hall–Kier alpha value is -0.0800. The number of rotatable bonds is 8. The van der Waals surface area contributed by atoms with E-state index in [1.807, 2.05) is 0 Å². The number of nitrogens with one attached hydrogen (secondary N) is 2. The molecule has 0 radical (unpaired) electrons. The minimum absolute atomic E-state index is 0. The highest BCUT2D eigenvalue weighted by Gasteiger charge is 2.14. The van der Waals surface area contributed by atoms with Crippen molar-refractivity contribution in [2.45, 2.75) is 33.6 Å². The maximum atomic E-state index is 4.58. The molecule has 0 unspecified atom stereocenters. The number of hydrogen-bond donors (Lipinski definition) is 2. The van der Waals surface area contributed by atoms with E-state index in [2.05, 4.69) is 46.2 Å². The average Bonchev–Trinajstić information content (AvgIpc) is 2.48. The second-order valence-corrected chi connectivity index (χ2v) is 5.27. The minimum atomic E-state index is 0. The van der Waals surface area contributed by atoms with Gasteiger partial charge in [-0.2, -0.15) is 0 Å². The Morgan fingerprint density at radius 1 is 0.905 bits per heavy atom. The van der Waals surface area contributed by atoms with Gasteiger partial charge >= 0.3 is 0 Å². The predicted octanol–water partition coefficient (Wildman–Crippen LogP) is 1.60. The number of likely N-dealkylation sites (N-methyl/N-ethyl adjacent to an activating group) is 1. The Morgan fingerprint density at radius 2 is 1.48 bits per heavy atom. The van der Waals surface area contributed by atoms with E-state index in [1.165, 1.54) is 52.1 Å². The van der Waals surface area contributed by atoms with Crippen LogP contribution in [0.4, 0.5) is 0 Å². The van der Waals surface area contributed by atoms with Gasteiger partial charge in [-0.3, -0.25) is 4.99 Å². The van der Waals surface area contributed by atoms with Gasteiger partial charge in [0.25, 0.3) is 0 Å². The predicted molar refractivity (Wildman–Crippen MR) is 103 cm³/mol. The lowest BCUT2D eigenvalue weighted by atomic mass is 10.2. The number of piperazine rings is 1. The van der Waals surface area contributed by atoms with Gasteiger partial charge in [-0.15, -0.1) is 24.0 Å². The number of aliphatic imine (C=N–C) groups is 1. The molecule has 0 aromatic carbocycles. The van der Waals surface area contributed by atoms with E-state index in [-0.39, 0.29) is 24.0 Å². The van der Waals surface area contributed by atoms with Crippen LogP contribution in [0.25, 0.3) is 0 Å². The second kappa shape index (κ2) is 13.6. The maximum Gasteiger partial charge on any atom is 0.191 e. The monoisotopic (exact) mass is 411 g/mol. The van der Waals surface area contributed by atoms with E-state index in [0.717, 1.165) is 25.6 Å². The lowest BCUT2D eigenvalue weighted by molar-refractivity contribution is 0.136. The van der Waals surface area contributed by atoms with Crippen LogP contribution in [-0.2, 0) is 0 Å². The molecule has 1 heterocycles. The molecule has 21 heavy (non-hydrogen) atoms. The summed E-state index contributed by atoms with van der Waals surface area (Å²) in [4.78, 5) is 9.70. The molecular formula is C15H34IN5. The van der Waals surface area contributed by atoms with Crippen LogP contribution in [0.1, 0.15) is 33.6 Å². The Morgan fingerprint density at radius 3 is 2.00 bits per heavy atom. The fourth-order valence-corrected chi connectivity index (χ4v) is 2.48. The van der Waals surface area contributed by atoms with Gasteiger partial charge < -0.3 is 20.4 Å². The van der Waals surface area contributed by atoms with Crippen molar-refractivity contribution in [2.24, 2.45) is 4.99 Å². The first-order valence-electron chi connectivity index (χ1n) is 8.27. The molecule has 1 aliphatic heterocycles. The van der Waals surface area contributed by atoms with E-state index < -0.39 is 0 Å². The van der Waals surface area contributed by atoms with Crippen molar-refractivity contribution in [1.82, 2.24) is 20.4 Å². The highest BCUT2D eigenvalue weighted by molar-refractivity contribution is 14.0. The van der Waals surface area contributed by atoms with Gasteiger partial charge in [-0.1, -0.05) is 6.92 Å². The fourth-order valence-electron chi connectivity index (χ4n) is 2.48. The van der Waals surface area contributed by atoms with Crippen molar-refractivity contribution < 1.29 is 0 Å². The third kappa shape index (κ3) is 9.52. The zero-order valence-electron chi connectivity index (χ0n) is 14.0. The van der Waals surface area contributed by atoms with Crippen LogP contribution >= 0.6 is 24.0 Å². The van der Waals surface area contributed by atoms with Crippen molar-refractivity contribution in [3.8, 4) is 0 Å². The molecule has 0 bridgehead atoms. The van der Waals surface area contributed by atoms with Crippen LogP contribution in [0.3, 0.4) is 0 Å². The third-order valence-corrected chi connectivity index (χ3v) is 3.75. The molecule has 5 nitrogen and oxygen atoms in total. The smallest absolute Gasteiger partial charge is 0.191 e. The van der Waals surface area contributed by atoms with Gasteiger partial charge in [-0.05, 0) is 39.8 Å². The zero-order chi connectivity index (χ0) is 14.6. The highest BCUT2D eigenvalue weighted by Crippen LogP contribution is 2.03. The molecular weight excluding hydrogens is 377 g/mol. The quantitative estimate of drug-likeness (QED) is 0.276. The van der Waals surface area contributed by atoms with Crippen LogP contribution in [0.15, 0.2) is 4.99 Å². The lowest BCUT2D eigenvalue weighted by Crippen LogP contribution is -2.46. The lowest BCUT2D eigenvalue weighted by Gasteiger charge is -2.33. The van der Waals surface area contributed by atoms with Crippen LogP contribution in [-0.4, -0.2) is 74.7 Å². The summed E-state index contributed by atoms with van der Waals surface area (Å²) in [7, 11) is 0. The van der Waals surface area contributed by atoms with Crippen LogP contribution in [0, 0.1) is 0 Å². The Bertz CT molecular complexity index is 257. The molecule has 0 aliphatic carbocycles. The highest BCUT2D eigenvalue weighted by atomic mass is 127. The van der Waals surface area contributed by atoms with E-state index in [4.69, 9.17) is 0 Å². The molecule has 0 saturated carbocycles. The van der Waals surface area contributed by atoms with Gasteiger partial charge in [0, 0.05) is 45.8 Å². The Kier molecular flexibility index (Phi) is 13.5. The molecule has 1 aliphatic rings. The summed E-state index contributed by atoms with van der Waals surface area (Å²) in [6.07, 6.45) is 2.43. The van der Waals surface area contributed by atoms with Gasteiger partial charge in [0.2, 0.25) is 0 Å². The number of halogens is 1. The average molecular weight is 411 g/mol. The van der Waals surface area contributed by atoms with Crippen LogP contribution in [0.2, 0.25) is 0 Å². The third-order valence-electron chi connectivity index (χ3n) is 3.75. The summed E-state index contributed by atoms with van der Waals surface area (Å²) in [5.74, 6) is 0.951. The summed E-state index contributed by atoms with van der Waals surface area (Å²) < 4.78 is 0. The van der Waals surface area contributed by atoms with E-state index >= 15 is 0 Å². The number of hydrogen-bond acceptors (Lipinski definition) is 3. The summed E-state index contributed by atoms with van der Waals surface area (Å²) in [6, 6.07) is 0. The minimum Gasteiger partial charge on any atom is -0.357 e. The van der Waals surface area contributed by atoms with Crippen LogP contribution < -0.4 is 10.6 Å². The molecule has 6 heteroatoms. The summed E-state index contributed by atoms with van der Waals surface area (Å²) in [6.45, 7) is 16.6. The van der Waals surface area contributed by atoms with E-state index in [1.54, 1.807) is 0 Å². The maximum absolute atomic E-state index is 4.58. The van der Waals surface area contributed by atoms with Crippen molar-refractivity contribution in [3.63, 3.8) is 0 Å². The first-order valence-corrected chi connectivity index (χ1v) is 8.27. The topological polar surface area (TPSA) is 42.9 Å². The van der Waals surface area contributed by atoms with E-state index in [0.29, 0.717) is 0 Å². The molecule has 2 N–H and O–H groups in total. The molecule has 0 aromatic heterocycles. The normalized spacial score (nSPS) is 16.1. The Balaban J connectivity index is 0.00000400. The van der Waals surface area contributed by atoms with Crippen LogP contribution in [0.5, 0.6) is 0 Å². The summed E-state index contributed by atoms with van der Waals surface area (Å²) in [5.41, 5.74) is 0. The van der Waals surface area contributed by atoms with Crippen molar-refractivity contribution >= 4 is 29.9 Å². The molecule has 1 saturated heterocycles. The molecule has 0 aromatic rings. The standard InChI is InChI=1S/C15H33N5.HI/c1-4-16-15(17-5-2)18-9-7-8-10-20-13-11-19(6-3)12-14-20;/h4-14H2,1-3H3,(H2,16,17,18);1H. The molecule has 1 rings (SSSR count). The van der Waals surface area contributed by atoms with Gasteiger partial charge in [0.15, 0.2) is 5.96 Å². The van der Waals surface area contributed by atoms with E-state index in [9.17, 15) is 0 Å². The SMILES string of the molecule is CCNC(=NCCCCN1CCN(CC)CC1)NCC.I. The first kappa shape index (κ1) is 20.9. The molecule has 0 atom stereocenters. The largest absolute Gasteiger partial charge is 0.357 e. The van der Waals surface area contributed by atoms with Crippen molar-refractivity contribution in [1.29, 1.82) is 0 Å². The van der Waals surface area contributed by atoms with Crippen molar-refractivity contribution in [3.05, 3.63) is 0 Å². The molecule has 0 spiro atoms. The second-order valence-electron chi connectivity index (χ2n) is 5.27. The Labute approximate surface area is 148 Å². The first-order chi connectivity index (χ1) is 9.80. The molecule has 1 fully saturated rings. The molecule has 126 valence electrons. The fraction of sp³-hybridized carbons (Fsp3) is 0.933. The number of unbranched alkanes of at least 4 members (excludes halogenated alkanes) is 1. The van der Waals surface area contributed by atoms with Gasteiger partial charge in [0.1, 0.15) is 0 Å². The van der Waals surface area contributed by atoms with Gasteiger partial charge in [-0.25, -0.2) is 0 Å².